The molecule has 1 aromatic rings. The highest BCUT2D eigenvalue weighted by Crippen LogP contribution is 2.10. The molecule has 0 aliphatic rings. The van der Waals surface area contributed by atoms with Gasteiger partial charge in [0, 0.05) is 5.56 Å². The van der Waals surface area contributed by atoms with E-state index in [1.807, 2.05) is 12.1 Å². The molecule has 0 aliphatic heterocycles. The Labute approximate surface area is 128 Å². The van der Waals surface area contributed by atoms with Gasteiger partial charge in [0.15, 0.2) is 0 Å². The predicted octanol–water partition coefficient (Wildman–Crippen LogP) is 4.74. The molecule has 0 spiro atoms. The van der Waals surface area contributed by atoms with Crippen molar-refractivity contribution in [2.24, 2.45) is 0 Å². The summed E-state index contributed by atoms with van der Waals surface area (Å²) in [4.78, 5) is 16.1. The van der Waals surface area contributed by atoms with Gasteiger partial charge in [0.25, 0.3) is 5.91 Å². The van der Waals surface area contributed by atoms with E-state index < -0.39 is 0 Å². The first kappa shape index (κ1) is 17.4. The molecule has 0 aliphatic carbocycles. The van der Waals surface area contributed by atoms with Crippen molar-refractivity contribution in [2.45, 2.75) is 51.9 Å². The summed E-state index contributed by atoms with van der Waals surface area (Å²) in [6.45, 7) is 2.24. The number of carbonyl (C=O) groups excluding carboxylic acids is 1. The summed E-state index contributed by atoms with van der Waals surface area (Å²) in [6.07, 6.45) is 13.4. The van der Waals surface area contributed by atoms with Crippen LogP contribution < -0.4 is 5.48 Å². The molecule has 0 atom stereocenters. The van der Waals surface area contributed by atoms with Crippen molar-refractivity contribution in [2.75, 3.05) is 7.11 Å². The molecule has 0 aromatic heterocycles. The lowest BCUT2D eigenvalue weighted by molar-refractivity contribution is 0.0537. The monoisotopic (exact) mass is 289 g/mol. The lowest BCUT2D eigenvalue weighted by atomic mass is 10.1. The largest absolute Gasteiger partial charge is 0.277 e. The lowest BCUT2D eigenvalue weighted by Crippen LogP contribution is -2.21. The number of hydrogen-bond acceptors (Lipinski definition) is 2. The molecular formula is C18H27NO2. The first-order chi connectivity index (χ1) is 10.3. The van der Waals surface area contributed by atoms with Gasteiger partial charge in [0.05, 0.1) is 7.11 Å². The fraction of sp³-hybridized carbons (Fsp3) is 0.500. The Bertz CT molecular complexity index is 423. The van der Waals surface area contributed by atoms with Gasteiger partial charge in [0.2, 0.25) is 0 Å². The molecule has 1 amide bonds. The average molecular weight is 289 g/mol. The summed E-state index contributed by atoms with van der Waals surface area (Å²) in [6, 6.07) is 7.50. The summed E-state index contributed by atoms with van der Waals surface area (Å²) >= 11 is 0. The van der Waals surface area contributed by atoms with Crippen LogP contribution in [0.25, 0.3) is 6.08 Å². The molecule has 0 radical (unpaired) electrons. The number of rotatable bonds is 10. The van der Waals surface area contributed by atoms with E-state index in [0.29, 0.717) is 5.56 Å². The highest BCUT2D eigenvalue weighted by Gasteiger charge is 2.02. The third-order valence-electron chi connectivity index (χ3n) is 3.40. The molecule has 21 heavy (non-hydrogen) atoms. The maximum Gasteiger partial charge on any atom is 0.274 e. The van der Waals surface area contributed by atoms with Crippen molar-refractivity contribution in [3.63, 3.8) is 0 Å². The van der Waals surface area contributed by atoms with Crippen molar-refractivity contribution in [3.05, 3.63) is 41.5 Å². The summed E-state index contributed by atoms with van der Waals surface area (Å²) < 4.78 is 0. The first-order valence-corrected chi connectivity index (χ1v) is 7.88. The fourth-order valence-corrected chi connectivity index (χ4v) is 2.16. The Morgan fingerprint density at radius 1 is 1.10 bits per heavy atom. The van der Waals surface area contributed by atoms with Crippen LogP contribution in [0.1, 0.15) is 67.8 Å². The Morgan fingerprint density at radius 2 is 1.76 bits per heavy atom. The molecule has 3 nitrogen and oxygen atoms in total. The van der Waals surface area contributed by atoms with Crippen LogP contribution in [0.2, 0.25) is 0 Å². The van der Waals surface area contributed by atoms with Gasteiger partial charge in [-0.3, -0.25) is 9.63 Å². The zero-order valence-electron chi connectivity index (χ0n) is 13.2. The van der Waals surface area contributed by atoms with E-state index in [-0.39, 0.29) is 5.91 Å². The minimum absolute atomic E-state index is 0.222. The van der Waals surface area contributed by atoms with Gasteiger partial charge in [-0.05, 0) is 30.5 Å². The Kier molecular flexibility index (Phi) is 9.21. The van der Waals surface area contributed by atoms with E-state index in [2.05, 4.69) is 29.4 Å². The SMILES string of the molecule is CCCCCCCC/C=C\c1ccc(C(=O)NOC)cc1. The summed E-state index contributed by atoms with van der Waals surface area (Å²) in [5, 5.41) is 0. The molecule has 1 rings (SSSR count). The number of nitrogens with one attached hydrogen (secondary N) is 1. The van der Waals surface area contributed by atoms with Gasteiger partial charge in [-0.15, -0.1) is 0 Å². The van der Waals surface area contributed by atoms with Gasteiger partial charge in [-0.1, -0.05) is 63.3 Å². The van der Waals surface area contributed by atoms with Crippen LogP contribution in [-0.2, 0) is 4.84 Å². The second-order valence-electron chi connectivity index (χ2n) is 5.22. The zero-order chi connectivity index (χ0) is 15.3. The second kappa shape index (κ2) is 11.1. The van der Waals surface area contributed by atoms with Crippen molar-refractivity contribution in [3.8, 4) is 0 Å². The smallest absolute Gasteiger partial charge is 0.274 e. The van der Waals surface area contributed by atoms with Crippen LogP contribution in [-0.4, -0.2) is 13.0 Å². The second-order valence-corrected chi connectivity index (χ2v) is 5.22. The van der Waals surface area contributed by atoms with E-state index in [4.69, 9.17) is 0 Å². The third-order valence-corrected chi connectivity index (χ3v) is 3.40. The maximum atomic E-state index is 11.5. The van der Waals surface area contributed by atoms with Crippen molar-refractivity contribution in [1.29, 1.82) is 0 Å². The van der Waals surface area contributed by atoms with Crippen molar-refractivity contribution >= 4 is 12.0 Å². The number of allylic oxidation sites excluding steroid dienone is 1. The van der Waals surface area contributed by atoms with Crippen LogP contribution in [0.15, 0.2) is 30.3 Å². The lowest BCUT2D eigenvalue weighted by Gasteiger charge is -2.02. The highest BCUT2D eigenvalue weighted by atomic mass is 16.6. The van der Waals surface area contributed by atoms with Gasteiger partial charge < -0.3 is 0 Å². The molecule has 3 heteroatoms. The number of amides is 1. The van der Waals surface area contributed by atoms with E-state index in [9.17, 15) is 4.79 Å². The van der Waals surface area contributed by atoms with Gasteiger partial charge >= 0.3 is 0 Å². The van der Waals surface area contributed by atoms with Crippen molar-refractivity contribution < 1.29 is 9.63 Å². The Morgan fingerprint density at radius 3 is 2.43 bits per heavy atom. The molecule has 0 unspecified atom stereocenters. The Hall–Kier alpha value is -1.61. The molecule has 1 N–H and O–H groups in total. The standard InChI is InChI=1S/C18H27NO2/c1-3-4-5-6-7-8-9-10-11-16-12-14-17(15-13-16)18(20)19-21-2/h10-15H,3-9H2,1-2H3,(H,19,20)/b11-10-. The molecule has 116 valence electrons. The van der Waals surface area contributed by atoms with E-state index >= 15 is 0 Å². The minimum Gasteiger partial charge on any atom is -0.277 e. The number of unbranched alkanes of at least 4 members (excludes halogenated alkanes) is 6. The zero-order valence-corrected chi connectivity index (χ0v) is 13.2. The number of hydroxylamine groups is 1. The van der Waals surface area contributed by atoms with Gasteiger partial charge in [-0.25, -0.2) is 5.48 Å². The molecule has 0 fully saturated rings. The van der Waals surface area contributed by atoms with E-state index in [1.54, 1.807) is 12.1 Å². The van der Waals surface area contributed by atoms with Crippen LogP contribution in [0.5, 0.6) is 0 Å². The minimum atomic E-state index is -0.222. The summed E-state index contributed by atoms with van der Waals surface area (Å²) in [5.41, 5.74) is 4.03. The Balaban J connectivity index is 2.25. The van der Waals surface area contributed by atoms with Crippen LogP contribution in [0.3, 0.4) is 0 Å². The van der Waals surface area contributed by atoms with Crippen LogP contribution >= 0.6 is 0 Å². The highest BCUT2D eigenvalue weighted by molar-refractivity contribution is 5.93. The first-order valence-electron chi connectivity index (χ1n) is 7.88. The van der Waals surface area contributed by atoms with E-state index in [1.165, 1.54) is 45.6 Å². The number of benzene rings is 1. The van der Waals surface area contributed by atoms with Gasteiger partial charge in [-0.2, -0.15) is 0 Å². The normalized spacial score (nSPS) is 11.0. The number of carbonyl (C=O) groups is 1. The predicted molar refractivity (Wildman–Crippen MR) is 87.9 cm³/mol. The van der Waals surface area contributed by atoms with E-state index in [0.717, 1.165) is 12.0 Å². The maximum absolute atomic E-state index is 11.5. The topological polar surface area (TPSA) is 38.3 Å². The molecule has 0 bridgehead atoms. The summed E-state index contributed by atoms with van der Waals surface area (Å²) in [7, 11) is 1.43. The van der Waals surface area contributed by atoms with Crippen LogP contribution in [0.4, 0.5) is 0 Å². The quantitative estimate of drug-likeness (QED) is 0.499. The van der Waals surface area contributed by atoms with Crippen molar-refractivity contribution in [1.82, 2.24) is 5.48 Å². The average Bonchev–Trinajstić information content (AvgIpc) is 2.51. The molecule has 0 saturated carbocycles. The molecule has 1 aromatic carbocycles. The van der Waals surface area contributed by atoms with Gasteiger partial charge in [0.1, 0.15) is 0 Å². The molecular weight excluding hydrogens is 262 g/mol. The van der Waals surface area contributed by atoms with Crippen LogP contribution in [0, 0.1) is 0 Å². The fourth-order valence-electron chi connectivity index (χ4n) is 2.16. The molecule has 0 saturated heterocycles. The third kappa shape index (κ3) is 7.66. The molecule has 0 heterocycles. The summed E-state index contributed by atoms with van der Waals surface area (Å²) in [5.74, 6) is -0.222. The number of hydrogen-bond donors (Lipinski definition) is 1.